The predicted octanol–water partition coefficient (Wildman–Crippen LogP) is 3.69. The van der Waals surface area contributed by atoms with E-state index in [1.807, 2.05) is 50.2 Å². The summed E-state index contributed by atoms with van der Waals surface area (Å²) in [5, 5.41) is 8.89. The maximum absolute atomic E-state index is 12.3. The van der Waals surface area contributed by atoms with E-state index in [1.54, 1.807) is 12.1 Å². The van der Waals surface area contributed by atoms with Crippen LogP contribution in [-0.2, 0) is 11.2 Å². The van der Waals surface area contributed by atoms with Crippen LogP contribution < -0.4 is 16.0 Å². The molecule has 0 saturated heterocycles. The van der Waals surface area contributed by atoms with Gasteiger partial charge in [0.05, 0.1) is 12.1 Å². The summed E-state index contributed by atoms with van der Waals surface area (Å²) in [6.07, 6.45) is 0.850. The van der Waals surface area contributed by atoms with E-state index in [2.05, 4.69) is 22.9 Å². The Morgan fingerprint density at radius 1 is 0.962 bits per heavy atom. The number of carbonyl (C=O) groups is 2. The normalized spacial score (nSPS) is 10.5. The SMILES string of the molecule is CCc1ccccc1NC(=O)CNc1ccccc1C(=O)NCC(C)C. The second-order valence-corrected chi connectivity index (χ2v) is 6.56. The van der Waals surface area contributed by atoms with Gasteiger partial charge in [-0.1, -0.05) is 51.1 Å². The largest absolute Gasteiger partial charge is 0.376 e. The Morgan fingerprint density at radius 2 is 1.62 bits per heavy atom. The van der Waals surface area contributed by atoms with Crippen LogP contribution in [0.2, 0.25) is 0 Å². The fraction of sp³-hybridized carbons (Fsp3) is 0.333. The summed E-state index contributed by atoms with van der Waals surface area (Å²) < 4.78 is 0. The minimum Gasteiger partial charge on any atom is -0.376 e. The van der Waals surface area contributed by atoms with Gasteiger partial charge in [-0.05, 0) is 36.1 Å². The van der Waals surface area contributed by atoms with Gasteiger partial charge in [-0.3, -0.25) is 9.59 Å². The zero-order chi connectivity index (χ0) is 18.9. The molecule has 0 saturated carbocycles. The van der Waals surface area contributed by atoms with E-state index in [0.717, 1.165) is 17.7 Å². The summed E-state index contributed by atoms with van der Waals surface area (Å²) in [4.78, 5) is 24.6. The summed E-state index contributed by atoms with van der Waals surface area (Å²) in [5.74, 6) is 0.0883. The molecule has 0 fully saturated rings. The van der Waals surface area contributed by atoms with Crippen molar-refractivity contribution in [2.75, 3.05) is 23.7 Å². The fourth-order valence-corrected chi connectivity index (χ4v) is 2.55. The lowest BCUT2D eigenvalue weighted by atomic mass is 10.1. The summed E-state index contributed by atoms with van der Waals surface area (Å²) in [5.41, 5.74) is 3.10. The van der Waals surface area contributed by atoms with Crippen LogP contribution in [0.15, 0.2) is 48.5 Å². The third-order valence-electron chi connectivity index (χ3n) is 3.95. The molecule has 2 aromatic rings. The topological polar surface area (TPSA) is 70.2 Å². The molecule has 2 rings (SSSR count). The molecule has 138 valence electrons. The lowest BCUT2D eigenvalue weighted by Gasteiger charge is -2.14. The molecule has 0 aromatic heterocycles. The Morgan fingerprint density at radius 3 is 2.31 bits per heavy atom. The van der Waals surface area contributed by atoms with Crippen LogP contribution in [0.4, 0.5) is 11.4 Å². The van der Waals surface area contributed by atoms with Crippen molar-refractivity contribution < 1.29 is 9.59 Å². The van der Waals surface area contributed by atoms with Crippen LogP contribution in [-0.4, -0.2) is 24.9 Å². The second kappa shape index (κ2) is 9.61. The molecule has 0 radical (unpaired) electrons. The van der Waals surface area contributed by atoms with Gasteiger partial charge in [-0.25, -0.2) is 0 Å². The summed E-state index contributed by atoms with van der Waals surface area (Å²) in [7, 11) is 0. The number of anilines is 2. The van der Waals surface area contributed by atoms with Crippen LogP contribution in [0.5, 0.6) is 0 Å². The molecule has 0 aliphatic rings. The molecule has 5 heteroatoms. The Bertz CT molecular complexity index is 756. The van der Waals surface area contributed by atoms with Crippen molar-refractivity contribution in [1.82, 2.24) is 5.32 Å². The van der Waals surface area contributed by atoms with Gasteiger partial charge in [0, 0.05) is 17.9 Å². The number of carbonyl (C=O) groups excluding carboxylic acids is 2. The van der Waals surface area contributed by atoms with Crippen LogP contribution in [0.25, 0.3) is 0 Å². The first kappa shape index (κ1) is 19.5. The van der Waals surface area contributed by atoms with Gasteiger partial charge in [0.15, 0.2) is 0 Å². The van der Waals surface area contributed by atoms with Crippen LogP contribution in [0.3, 0.4) is 0 Å². The highest BCUT2D eigenvalue weighted by molar-refractivity contribution is 6.01. The number of hydrogen-bond acceptors (Lipinski definition) is 3. The molecule has 0 aliphatic heterocycles. The number of para-hydroxylation sites is 2. The number of rotatable bonds is 8. The van der Waals surface area contributed by atoms with Gasteiger partial charge in [0.1, 0.15) is 0 Å². The molecular weight excluding hydrogens is 326 g/mol. The quantitative estimate of drug-likeness (QED) is 0.678. The highest BCUT2D eigenvalue weighted by atomic mass is 16.2. The molecule has 26 heavy (non-hydrogen) atoms. The monoisotopic (exact) mass is 353 g/mol. The van der Waals surface area contributed by atoms with Crippen molar-refractivity contribution >= 4 is 23.2 Å². The fourth-order valence-electron chi connectivity index (χ4n) is 2.55. The number of aryl methyl sites for hydroxylation is 1. The van der Waals surface area contributed by atoms with Gasteiger partial charge < -0.3 is 16.0 Å². The van der Waals surface area contributed by atoms with Gasteiger partial charge in [0.25, 0.3) is 5.91 Å². The van der Waals surface area contributed by atoms with E-state index in [4.69, 9.17) is 0 Å². The van der Waals surface area contributed by atoms with Crippen LogP contribution in [0, 0.1) is 5.92 Å². The summed E-state index contributed by atoms with van der Waals surface area (Å²) >= 11 is 0. The molecule has 0 bridgehead atoms. The third kappa shape index (κ3) is 5.62. The Hall–Kier alpha value is -2.82. The number of benzene rings is 2. The Labute approximate surface area is 155 Å². The van der Waals surface area contributed by atoms with Crippen LogP contribution in [0.1, 0.15) is 36.7 Å². The van der Waals surface area contributed by atoms with Crippen molar-refractivity contribution in [2.45, 2.75) is 27.2 Å². The Balaban J connectivity index is 1.98. The highest BCUT2D eigenvalue weighted by Gasteiger charge is 2.12. The lowest BCUT2D eigenvalue weighted by molar-refractivity contribution is -0.114. The van der Waals surface area contributed by atoms with Crippen molar-refractivity contribution in [1.29, 1.82) is 0 Å². The molecule has 0 unspecified atom stereocenters. The molecule has 0 atom stereocenters. The highest BCUT2D eigenvalue weighted by Crippen LogP contribution is 2.17. The van der Waals surface area contributed by atoms with Gasteiger partial charge in [-0.15, -0.1) is 0 Å². The standard InChI is InChI=1S/C21H27N3O2/c1-4-16-9-5-7-11-18(16)24-20(25)14-22-19-12-8-6-10-17(19)21(26)23-13-15(2)3/h5-12,15,22H,4,13-14H2,1-3H3,(H,23,26)(H,24,25). The molecule has 2 aromatic carbocycles. The average molecular weight is 353 g/mol. The van der Waals surface area contributed by atoms with E-state index in [1.165, 1.54) is 0 Å². The van der Waals surface area contributed by atoms with E-state index < -0.39 is 0 Å². The van der Waals surface area contributed by atoms with Gasteiger partial charge in [-0.2, -0.15) is 0 Å². The van der Waals surface area contributed by atoms with Crippen molar-refractivity contribution in [3.8, 4) is 0 Å². The molecule has 2 amide bonds. The minimum absolute atomic E-state index is 0.0898. The molecule has 0 spiro atoms. The van der Waals surface area contributed by atoms with E-state index >= 15 is 0 Å². The zero-order valence-corrected chi connectivity index (χ0v) is 15.6. The molecular formula is C21H27N3O2. The average Bonchev–Trinajstić information content (AvgIpc) is 2.65. The molecule has 3 N–H and O–H groups in total. The number of nitrogens with one attached hydrogen (secondary N) is 3. The summed E-state index contributed by atoms with van der Waals surface area (Å²) in [6, 6.07) is 15.0. The van der Waals surface area contributed by atoms with Crippen molar-refractivity contribution in [3.63, 3.8) is 0 Å². The summed E-state index contributed by atoms with van der Waals surface area (Å²) in [6.45, 7) is 6.84. The van der Waals surface area contributed by atoms with E-state index in [9.17, 15) is 9.59 Å². The molecule has 5 nitrogen and oxygen atoms in total. The lowest BCUT2D eigenvalue weighted by Crippen LogP contribution is -2.29. The second-order valence-electron chi connectivity index (χ2n) is 6.56. The predicted molar refractivity (Wildman–Crippen MR) is 107 cm³/mol. The van der Waals surface area contributed by atoms with Gasteiger partial charge >= 0.3 is 0 Å². The maximum atomic E-state index is 12.3. The van der Waals surface area contributed by atoms with Crippen LogP contribution >= 0.6 is 0 Å². The number of amides is 2. The van der Waals surface area contributed by atoms with E-state index in [0.29, 0.717) is 23.7 Å². The molecule has 0 aliphatic carbocycles. The first-order valence-electron chi connectivity index (χ1n) is 9.00. The first-order chi connectivity index (χ1) is 12.5. The van der Waals surface area contributed by atoms with Crippen molar-refractivity contribution in [3.05, 3.63) is 59.7 Å². The Kier molecular flexibility index (Phi) is 7.21. The molecule has 0 heterocycles. The smallest absolute Gasteiger partial charge is 0.253 e. The maximum Gasteiger partial charge on any atom is 0.253 e. The van der Waals surface area contributed by atoms with Crippen molar-refractivity contribution in [2.24, 2.45) is 5.92 Å². The minimum atomic E-state index is -0.150. The zero-order valence-electron chi connectivity index (χ0n) is 15.6. The first-order valence-corrected chi connectivity index (χ1v) is 9.00. The number of hydrogen-bond donors (Lipinski definition) is 3. The van der Waals surface area contributed by atoms with E-state index in [-0.39, 0.29) is 18.4 Å². The van der Waals surface area contributed by atoms with Gasteiger partial charge in [0.2, 0.25) is 5.91 Å². The third-order valence-corrected chi connectivity index (χ3v) is 3.95.